The van der Waals surface area contributed by atoms with Crippen LogP contribution >= 0.6 is 11.3 Å². The maximum atomic E-state index is 2.27. The van der Waals surface area contributed by atoms with Crippen LogP contribution in [0.2, 0.25) is 0 Å². The third kappa shape index (κ3) is 2.35. The molecule has 1 aromatic carbocycles. The molecule has 1 atom stereocenters. The topological polar surface area (TPSA) is 0 Å². The fourth-order valence-electron chi connectivity index (χ4n) is 2.04. The van der Waals surface area contributed by atoms with Crippen molar-refractivity contribution in [2.75, 3.05) is 0 Å². The van der Waals surface area contributed by atoms with E-state index in [0.717, 1.165) is 0 Å². The maximum Gasteiger partial charge on any atom is 0.0181 e. The molecule has 0 fully saturated rings. The summed E-state index contributed by atoms with van der Waals surface area (Å²) in [5, 5.41) is 0. The number of aryl methyl sites for hydroxylation is 2. The molecule has 0 saturated carbocycles. The van der Waals surface area contributed by atoms with Crippen molar-refractivity contribution in [1.29, 1.82) is 0 Å². The van der Waals surface area contributed by atoms with Crippen molar-refractivity contribution in [1.82, 2.24) is 0 Å². The highest BCUT2D eigenvalue weighted by molar-refractivity contribution is 7.12. The zero-order chi connectivity index (χ0) is 11.5. The summed E-state index contributed by atoms with van der Waals surface area (Å²) in [6, 6.07) is 13.4. The van der Waals surface area contributed by atoms with Crippen LogP contribution < -0.4 is 0 Å². The molecule has 0 aliphatic rings. The van der Waals surface area contributed by atoms with Gasteiger partial charge in [-0.1, -0.05) is 36.8 Å². The largest absolute Gasteiger partial charge is 0.145 e. The van der Waals surface area contributed by atoms with Crippen molar-refractivity contribution in [3.63, 3.8) is 0 Å². The molecule has 0 aliphatic heterocycles. The van der Waals surface area contributed by atoms with Gasteiger partial charge < -0.3 is 0 Å². The highest BCUT2D eigenvalue weighted by Gasteiger charge is 2.13. The quantitative estimate of drug-likeness (QED) is 0.703. The van der Waals surface area contributed by atoms with Crippen molar-refractivity contribution in [2.45, 2.75) is 33.1 Å². The van der Waals surface area contributed by atoms with Crippen LogP contribution in [0.1, 0.15) is 40.1 Å². The smallest absolute Gasteiger partial charge is 0.0181 e. The fourth-order valence-corrected chi connectivity index (χ4v) is 3.13. The highest BCUT2D eigenvalue weighted by Crippen LogP contribution is 2.32. The van der Waals surface area contributed by atoms with Gasteiger partial charge in [0.25, 0.3) is 0 Å². The number of hydrogen-bond acceptors (Lipinski definition) is 1. The summed E-state index contributed by atoms with van der Waals surface area (Å²) in [6.07, 6.45) is 1.17. The molecule has 1 unspecified atom stereocenters. The molecule has 0 nitrogen and oxygen atoms in total. The van der Waals surface area contributed by atoms with Crippen molar-refractivity contribution >= 4 is 11.3 Å². The second-order valence-corrected chi connectivity index (χ2v) is 5.64. The molecule has 0 saturated heterocycles. The van der Waals surface area contributed by atoms with Crippen LogP contribution in [0.5, 0.6) is 0 Å². The first kappa shape index (κ1) is 11.4. The van der Waals surface area contributed by atoms with Gasteiger partial charge in [0.2, 0.25) is 0 Å². The summed E-state index contributed by atoms with van der Waals surface area (Å²) < 4.78 is 0. The number of rotatable bonds is 3. The fraction of sp³-hybridized carbons (Fsp3) is 0.333. The SMILES string of the molecule is CCC(c1ccc(C)cc1)c1ccc(C)s1. The molecule has 0 bridgehead atoms. The van der Waals surface area contributed by atoms with Crippen LogP contribution in [0.25, 0.3) is 0 Å². The minimum atomic E-state index is 0.569. The Morgan fingerprint density at radius 1 is 1.00 bits per heavy atom. The van der Waals surface area contributed by atoms with E-state index < -0.39 is 0 Å². The zero-order valence-corrected chi connectivity index (χ0v) is 11.0. The molecule has 2 aromatic rings. The van der Waals surface area contributed by atoms with E-state index in [1.54, 1.807) is 0 Å². The molecule has 0 N–H and O–H groups in total. The Labute approximate surface area is 102 Å². The lowest BCUT2D eigenvalue weighted by Gasteiger charge is -2.13. The highest BCUT2D eigenvalue weighted by atomic mass is 32.1. The van der Waals surface area contributed by atoms with Crippen molar-refractivity contribution in [3.8, 4) is 0 Å². The Bertz CT molecular complexity index is 451. The first-order valence-corrected chi connectivity index (χ1v) is 6.65. The standard InChI is InChI=1S/C15H18S/c1-4-14(15-10-7-12(3)16-15)13-8-5-11(2)6-9-13/h5-10,14H,4H2,1-3H3. The summed E-state index contributed by atoms with van der Waals surface area (Å²) >= 11 is 1.92. The second-order valence-electron chi connectivity index (χ2n) is 4.32. The van der Waals surface area contributed by atoms with Gasteiger partial charge in [0.15, 0.2) is 0 Å². The molecule has 84 valence electrons. The Hall–Kier alpha value is -1.08. The van der Waals surface area contributed by atoms with Crippen LogP contribution in [0.15, 0.2) is 36.4 Å². The summed E-state index contributed by atoms with van der Waals surface area (Å²) in [4.78, 5) is 2.89. The summed E-state index contributed by atoms with van der Waals surface area (Å²) in [5.41, 5.74) is 2.77. The van der Waals surface area contributed by atoms with E-state index in [1.165, 1.54) is 27.3 Å². The maximum absolute atomic E-state index is 2.27. The molecule has 0 spiro atoms. The third-order valence-corrected chi connectivity index (χ3v) is 4.11. The summed E-state index contributed by atoms with van der Waals surface area (Å²) in [5.74, 6) is 0.569. The Morgan fingerprint density at radius 3 is 2.19 bits per heavy atom. The lowest BCUT2D eigenvalue weighted by molar-refractivity contribution is 0.792. The first-order chi connectivity index (χ1) is 7.70. The van der Waals surface area contributed by atoms with Gasteiger partial charge in [-0.25, -0.2) is 0 Å². The lowest BCUT2D eigenvalue weighted by Crippen LogP contribution is -1.96. The van der Waals surface area contributed by atoms with Crippen molar-refractivity contribution < 1.29 is 0 Å². The van der Waals surface area contributed by atoms with Crippen LogP contribution in [0, 0.1) is 13.8 Å². The van der Waals surface area contributed by atoms with Gasteiger partial charge in [-0.05, 0) is 38.0 Å². The number of thiophene rings is 1. The molecule has 1 heteroatoms. The van der Waals surface area contributed by atoms with Crippen LogP contribution in [-0.2, 0) is 0 Å². The van der Waals surface area contributed by atoms with Crippen molar-refractivity contribution in [3.05, 3.63) is 57.3 Å². The second kappa shape index (κ2) is 4.84. The predicted molar refractivity (Wildman–Crippen MR) is 72.4 cm³/mol. The molecule has 1 aromatic heterocycles. The van der Waals surface area contributed by atoms with Crippen LogP contribution in [0.4, 0.5) is 0 Å². The monoisotopic (exact) mass is 230 g/mol. The Balaban J connectivity index is 2.32. The van der Waals surface area contributed by atoms with Gasteiger partial charge in [0, 0.05) is 15.7 Å². The third-order valence-electron chi connectivity index (χ3n) is 2.99. The van der Waals surface area contributed by atoms with E-state index >= 15 is 0 Å². The van der Waals surface area contributed by atoms with Gasteiger partial charge in [0.1, 0.15) is 0 Å². The van der Waals surface area contributed by atoms with E-state index in [-0.39, 0.29) is 0 Å². The van der Waals surface area contributed by atoms with E-state index in [2.05, 4.69) is 57.2 Å². The molecular formula is C15H18S. The summed E-state index contributed by atoms with van der Waals surface area (Å²) in [6.45, 7) is 6.58. The average molecular weight is 230 g/mol. The van der Waals surface area contributed by atoms with Crippen LogP contribution in [0.3, 0.4) is 0 Å². The van der Waals surface area contributed by atoms with E-state index in [1.807, 2.05) is 11.3 Å². The average Bonchev–Trinajstić information content (AvgIpc) is 2.69. The minimum absolute atomic E-state index is 0.569. The number of hydrogen-bond donors (Lipinski definition) is 0. The zero-order valence-electron chi connectivity index (χ0n) is 10.2. The van der Waals surface area contributed by atoms with E-state index in [0.29, 0.717) is 5.92 Å². The molecule has 0 radical (unpaired) electrons. The normalized spacial score (nSPS) is 12.7. The summed E-state index contributed by atoms with van der Waals surface area (Å²) in [7, 11) is 0. The molecular weight excluding hydrogens is 212 g/mol. The van der Waals surface area contributed by atoms with Crippen molar-refractivity contribution in [2.24, 2.45) is 0 Å². The van der Waals surface area contributed by atoms with Gasteiger partial charge in [-0.15, -0.1) is 11.3 Å². The Kier molecular flexibility index (Phi) is 3.45. The molecule has 16 heavy (non-hydrogen) atoms. The van der Waals surface area contributed by atoms with Gasteiger partial charge in [0.05, 0.1) is 0 Å². The van der Waals surface area contributed by atoms with Gasteiger partial charge >= 0.3 is 0 Å². The molecule has 0 aliphatic carbocycles. The first-order valence-electron chi connectivity index (χ1n) is 5.83. The van der Waals surface area contributed by atoms with Crippen LogP contribution in [-0.4, -0.2) is 0 Å². The van der Waals surface area contributed by atoms with E-state index in [4.69, 9.17) is 0 Å². The predicted octanol–water partition coefficient (Wildman–Crippen LogP) is 4.91. The lowest BCUT2D eigenvalue weighted by atomic mass is 9.94. The minimum Gasteiger partial charge on any atom is -0.145 e. The molecule has 2 rings (SSSR count). The van der Waals surface area contributed by atoms with E-state index in [9.17, 15) is 0 Å². The van der Waals surface area contributed by atoms with Gasteiger partial charge in [-0.3, -0.25) is 0 Å². The Morgan fingerprint density at radius 2 is 1.69 bits per heavy atom. The van der Waals surface area contributed by atoms with Gasteiger partial charge in [-0.2, -0.15) is 0 Å². The molecule has 0 amide bonds. The molecule has 1 heterocycles. The number of benzene rings is 1.